The highest BCUT2D eigenvalue weighted by Gasteiger charge is 2.23. The molecule has 1 N–H and O–H groups in total. The van der Waals surface area contributed by atoms with Crippen LogP contribution in [0.5, 0.6) is 0 Å². The highest BCUT2D eigenvalue weighted by Crippen LogP contribution is 2.30. The zero-order valence-electron chi connectivity index (χ0n) is 10.5. The van der Waals surface area contributed by atoms with Crippen molar-refractivity contribution in [3.05, 3.63) is 5.01 Å². The largest absolute Gasteiger partial charge is 0.300 e. The van der Waals surface area contributed by atoms with Crippen LogP contribution in [0.2, 0.25) is 0 Å². The second-order valence-corrected chi connectivity index (χ2v) is 5.77. The fraction of sp³-hybridized carbons (Fsp3) is 0.727. The molecule has 90 valence electrons. The Morgan fingerprint density at radius 3 is 2.56 bits per heavy atom. The molecule has 1 amide bonds. The van der Waals surface area contributed by atoms with Gasteiger partial charge in [-0.1, -0.05) is 46.0 Å². The number of carbonyl (C=O) groups is 1. The van der Waals surface area contributed by atoms with Crippen LogP contribution in [0.25, 0.3) is 0 Å². The van der Waals surface area contributed by atoms with E-state index in [1.165, 1.54) is 11.3 Å². The Labute approximate surface area is 100 Å². The third-order valence-electron chi connectivity index (χ3n) is 2.64. The van der Waals surface area contributed by atoms with Crippen molar-refractivity contribution in [2.24, 2.45) is 5.92 Å². The quantitative estimate of drug-likeness (QED) is 0.882. The molecule has 0 radical (unpaired) electrons. The minimum absolute atomic E-state index is 0.0167. The maximum absolute atomic E-state index is 11.5. The molecule has 4 nitrogen and oxygen atoms in total. The van der Waals surface area contributed by atoms with Crippen molar-refractivity contribution < 1.29 is 4.79 Å². The number of rotatable bonds is 4. The predicted octanol–water partition coefficient (Wildman–Crippen LogP) is 2.82. The average Bonchev–Trinajstić information content (AvgIpc) is 2.66. The number of aromatic nitrogens is 2. The van der Waals surface area contributed by atoms with E-state index in [-0.39, 0.29) is 17.2 Å². The molecule has 0 spiro atoms. The summed E-state index contributed by atoms with van der Waals surface area (Å²) in [6.45, 7) is 10.1. The average molecular weight is 241 g/mol. The van der Waals surface area contributed by atoms with E-state index < -0.39 is 0 Å². The summed E-state index contributed by atoms with van der Waals surface area (Å²) in [6.07, 6.45) is 1.000. The Bertz CT molecular complexity index is 371. The second-order valence-electron chi connectivity index (χ2n) is 4.79. The maximum atomic E-state index is 11.5. The monoisotopic (exact) mass is 241 g/mol. The van der Waals surface area contributed by atoms with Gasteiger partial charge in [0.15, 0.2) is 0 Å². The fourth-order valence-electron chi connectivity index (χ4n) is 0.948. The summed E-state index contributed by atoms with van der Waals surface area (Å²) >= 11 is 1.46. The van der Waals surface area contributed by atoms with Crippen LogP contribution in [0.15, 0.2) is 0 Å². The highest BCUT2D eigenvalue weighted by atomic mass is 32.1. The minimum Gasteiger partial charge on any atom is -0.300 e. The van der Waals surface area contributed by atoms with Gasteiger partial charge < -0.3 is 5.32 Å². The summed E-state index contributed by atoms with van der Waals surface area (Å²) in [5.41, 5.74) is 0.0263. The molecule has 1 heterocycles. The number of carbonyl (C=O) groups excluding carboxylic acids is 1. The van der Waals surface area contributed by atoms with E-state index in [2.05, 4.69) is 36.3 Å². The molecule has 0 atom stereocenters. The first kappa shape index (κ1) is 13.1. The molecule has 0 aliphatic heterocycles. The Kier molecular flexibility index (Phi) is 4.02. The SMILES string of the molecule is CCC(C)(C)c1nnc(NC(=O)C(C)C)s1. The first-order valence-electron chi connectivity index (χ1n) is 5.51. The van der Waals surface area contributed by atoms with Gasteiger partial charge in [-0.15, -0.1) is 10.2 Å². The molecule has 0 aliphatic rings. The van der Waals surface area contributed by atoms with Gasteiger partial charge in [-0.3, -0.25) is 4.79 Å². The van der Waals surface area contributed by atoms with Crippen LogP contribution < -0.4 is 5.32 Å². The van der Waals surface area contributed by atoms with Crippen LogP contribution in [0.3, 0.4) is 0 Å². The zero-order chi connectivity index (χ0) is 12.3. The molecule has 0 aromatic carbocycles. The molecule has 5 heteroatoms. The summed E-state index contributed by atoms with van der Waals surface area (Å²) in [5.74, 6) is -0.0523. The lowest BCUT2D eigenvalue weighted by Gasteiger charge is -2.17. The summed E-state index contributed by atoms with van der Waals surface area (Å²) in [7, 11) is 0. The van der Waals surface area contributed by atoms with Crippen molar-refractivity contribution in [1.29, 1.82) is 0 Å². The molecule has 0 bridgehead atoms. The third kappa shape index (κ3) is 3.01. The van der Waals surface area contributed by atoms with Crippen molar-refractivity contribution in [3.8, 4) is 0 Å². The van der Waals surface area contributed by atoms with E-state index in [0.717, 1.165) is 11.4 Å². The van der Waals surface area contributed by atoms with Crippen molar-refractivity contribution in [3.63, 3.8) is 0 Å². The second kappa shape index (κ2) is 4.91. The van der Waals surface area contributed by atoms with Crippen LogP contribution in [0, 0.1) is 5.92 Å². The van der Waals surface area contributed by atoms with Gasteiger partial charge in [-0.2, -0.15) is 0 Å². The van der Waals surface area contributed by atoms with E-state index in [9.17, 15) is 4.79 Å². The maximum Gasteiger partial charge on any atom is 0.228 e. The van der Waals surface area contributed by atoms with E-state index >= 15 is 0 Å². The van der Waals surface area contributed by atoms with E-state index in [1.54, 1.807) is 0 Å². The standard InChI is InChI=1S/C11H19N3OS/c1-6-11(4,5)9-13-14-10(16-9)12-8(15)7(2)3/h7H,6H2,1-5H3,(H,12,14,15). The van der Waals surface area contributed by atoms with Crippen molar-refractivity contribution >= 4 is 22.4 Å². The number of anilines is 1. The van der Waals surface area contributed by atoms with Gasteiger partial charge >= 0.3 is 0 Å². The molecule has 0 unspecified atom stereocenters. The van der Waals surface area contributed by atoms with Gasteiger partial charge in [-0.25, -0.2) is 0 Å². The molecule has 1 aromatic rings. The lowest BCUT2D eigenvalue weighted by atomic mass is 9.91. The van der Waals surface area contributed by atoms with Crippen LogP contribution in [0.1, 0.15) is 46.0 Å². The molecule has 0 saturated carbocycles. The topological polar surface area (TPSA) is 54.9 Å². The summed E-state index contributed by atoms with van der Waals surface area (Å²) in [5, 5.41) is 12.4. The Morgan fingerprint density at radius 2 is 2.06 bits per heavy atom. The first-order valence-corrected chi connectivity index (χ1v) is 6.33. The molecular formula is C11H19N3OS. The van der Waals surface area contributed by atoms with Gasteiger partial charge in [0.25, 0.3) is 0 Å². The molecule has 0 aliphatic carbocycles. The summed E-state index contributed by atoms with van der Waals surface area (Å²) < 4.78 is 0. The van der Waals surface area contributed by atoms with Gasteiger partial charge in [0.05, 0.1) is 0 Å². The summed E-state index contributed by atoms with van der Waals surface area (Å²) in [6, 6.07) is 0. The van der Waals surface area contributed by atoms with Crippen LogP contribution in [-0.4, -0.2) is 16.1 Å². The van der Waals surface area contributed by atoms with Gasteiger partial charge in [0.1, 0.15) is 5.01 Å². The highest BCUT2D eigenvalue weighted by molar-refractivity contribution is 7.15. The molecule has 1 rings (SSSR count). The van der Waals surface area contributed by atoms with E-state index in [0.29, 0.717) is 5.13 Å². The molecule has 16 heavy (non-hydrogen) atoms. The molecular weight excluding hydrogens is 222 g/mol. The summed E-state index contributed by atoms with van der Waals surface area (Å²) in [4.78, 5) is 11.5. The van der Waals surface area contributed by atoms with Crippen molar-refractivity contribution in [2.75, 3.05) is 5.32 Å². The van der Waals surface area contributed by atoms with E-state index in [1.807, 2.05) is 13.8 Å². The van der Waals surface area contributed by atoms with Crippen molar-refractivity contribution in [2.45, 2.75) is 46.5 Å². The van der Waals surface area contributed by atoms with Crippen LogP contribution >= 0.6 is 11.3 Å². The number of hydrogen-bond acceptors (Lipinski definition) is 4. The minimum atomic E-state index is -0.0356. The number of amides is 1. The van der Waals surface area contributed by atoms with Crippen LogP contribution in [0.4, 0.5) is 5.13 Å². The van der Waals surface area contributed by atoms with Crippen molar-refractivity contribution in [1.82, 2.24) is 10.2 Å². The number of nitrogens with zero attached hydrogens (tertiary/aromatic N) is 2. The lowest BCUT2D eigenvalue weighted by Crippen LogP contribution is -2.17. The Hall–Kier alpha value is -0.970. The normalized spacial score (nSPS) is 11.9. The Balaban J connectivity index is 2.76. The van der Waals surface area contributed by atoms with Gasteiger partial charge in [0, 0.05) is 11.3 Å². The van der Waals surface area contributed by atoms with E-state index in [4.69, 9.17) is 0 Å². The molecule has 0 fully saturated rings. The van der Waals surface area contributed by atoms with Gasteiger partial charge in [-0.05, 0) is 6.42 Å². The molecule has 1 aromatic heterocycles. The molecule has 0 saturated heterocycles. The van der Waals surface area contributed by atoms with Gasteiger partial charge in [0.2, 0.25) is 11.0 Å². The lowest BCUT2D eigenvalue weighted by molar-refractivity contribution is -0.118. The fourth-order valence-corrected chi connectivity index (χ4v) is 1.87. The number of nitrogens with one attached hydrogen (secondary N) is 1. The smallest absolute Gasteiger partial charge is 0.228 e. The Morgan fingerprint density at radius 1 is 1.44 bits per heavy atom. The van der Waals surface area contributed by atoms with Crippen LogP contribution in [-0.2, 0) is 10.2 Å². The zero-order valence-corrected chi connectivity index (χ0v) is 11.3. The number of hydrogen-bond donors (Lipinski definition) is 1. The third-order valence-corrected chi connectivity index (χ3v) is 3.85. The first-order chi connectivity index (χ1) is 7.36. The predicted molar refractivity (Wildman–Crippen MR) is 66.7 cm³/mol.